The van der Waals surface area contributed by atoms with Crippen LogP contribution >= 0.6 is 0 Å². The number of likely N-dealkylation sites (tertiary alicyclic amines) is 1. The Bertz CT molecular complexity index is 762. The van der Waals surface area contributed by atoms with Crippen molar-refractivity contribution in [2.45, 2.75) is 39.2 Å². The number of carbonyl (C=O) groups is 2. The van der Waals surface area contributed by atoms with Crippen molar-refractivity contribution < 1.29 is 9.59 Å². The molecule has 1 fully saturated rings. The van der Waals surface area contributed by atoms with Crippen LogP contribution in [0.3, 0.4) is 0 Å². The van der Waals surface area contributed by atoms with Gasteiger partial charge in [0.2, 0.25) is 0 Å². The van der Waals surface area contributed by atoms with Crippen molar-refractivity contribution in [1.29, 1.82) is 0 Å². The number of amides is 2. The number of hydrogen-bond acceptors (Lipinski definition) is 4. The highest BCUT2D eigenvalue weighted by molar-refractivity contribution is 5.93. The summed E-state index contributed by atoms with van der Waals surface area (Å²) in [5.74, 6) is -0.428. The number of aromatic amines is 1. The van der Waals surface area contributed by atoms with Gasteiger partial charge in [0.15, 0.2) is 0 Å². The summed E-state index contributed by atoms with van der Waals surface area (Å²) >= 11 is 0. The Morgan fingerprint density at radius 3 is 2.88 bits per heavy atom. The molecule has 0 aromatic carbocycles. The molecule has 0 spiro atoms. The van der Waals surface area contributed by atoms with Crippen LogP contribution in [-0.4, -0.2) is 49.8 Å². The number of rotatable bonds is 4. The number of nitrogens with two attached hydrogens (primary N) is 1. The molecule has 128 valence electrons. The minimum absolute atomic E-state index is 0.00297. The Kier molecular flexibility index (Phi) is 4.37. The maximum absolute atomic E-state index is 12.8. The third-order valence-corrected chi connectivity index (χ3v) is 4.42. The topological polar surface area (TPSA) is 110 Å². The Morgan fingerprint density at radius 1 is 1.42 bits per heavy atom. The van der Waals surface area contributed by atoms with E-state index in [0.29, 0.717) is 18.8 Å². The summed E-state index contributed by atoms with van der Waals surface area (Å²) in [6.45, 7) is 5.83. The molecule has 1 atom stereocenters. The first-order valence-corrected chi connectivity index (χ1v) is 8.18. The third-order valence-electron chi connectivity index (χ3n) is 4.42. The number of hydrogen-bond donors (Lipinski definition) is 2. The zero-order valence-corrected chi connectivity index (χ0v) is 14.0. The molecule has 0 saturated carbocycles. The highest BCUT2D eigenvalue weighted by atomic mass is 16.2. The van der Waals surface area contributed by atoms with Gasteiger partial charge >= 0.3 is 0 Å². The lowest BCUT2D eigenvalue weighted by Gasteiger charge is -2.32. The van der Waals surface area contributed by atoms with Gasteiger partial charge in [0.25, 0.3) is 11.8 Å². The molecule has 1 aliphatic rings. The second-order valence-corrected chi connectivity index (χ2v) is 6.15. The van der Waals surface area contributed by atoms with E-state index in [-0.39, 0.29) is 17.5 Å². The predicted octanol–water partition coefficient (Wildman–Crippen LogP) is 1.05. The number of carbonyl (C=O) groups excluding carboxylic acids is 2. The molecule has 2 aromatic rings. The molecule has 1 saturated heterocycles. The minimum atomic E-state index is -0.552. The molecule has 0 aliphatic carbocycles. The fraction of sp³-hybridized carbons (Fsp3) is 0.500. The normalized spacial score (nSPS) is 17.9. The predicted molar refractivity (Wildman–Crippen MR) is 87.6 cm³/mol. The molecule has 3 rings (SSSR count). The van der Waals surface area contributed by atoms with Gasteiger partial charge in [-0.2, -0.15) is 10.2 Å². The molecule has 3 heterocycles. The van der Waals surface area contributed by atoms with Gasteiger partial charge in [0.1, 0.15) is 11.4 Å². The van der Waals surface area contributed by atoms with Crippen LogP contribution in [0, 0.1) is 6.92 Å². The molecule has 8 nitrogen and oxygen atoms in total. The number of piperidine rings is 1. The van der Waals surface area contributed by atoms with E-state index in [1.165, 1.54) is 0 Å². The van der Waals surface area contributed by atoms with Crippen LogP contribution in [-0.2, 0) is 6.54 Å². The Morgan fingerprint density at radius 2 is 2.21 bits per heavy atom. The lowest BCUT2D eigenvalue weighted by Crippen LogP contribution is -2.40. The van der Waals surface area contributed by atoms with E-state index in [0.717, 1.165) is 30.8 Å². The van der Waals surface area contributed by atoms with Crippen molar-refractivity contribution in [1.82, 2.24) is 24.9 Å². The van der Waals surface area contributed by atoms with Gasteiger partial charge in [0.05, 0.1) is 5.69 Å². The third kappa shape index (κ3) is 3.04. The average molecular weight is 330 g/mol. The number of primary amides is 1. The molecule has 3 N–H and O–H groups in total. The molecule has 8 heteroatoms. The van der Waals surface area contributed by atoms with Gasteiger partial charge < -0.3 is 10.6 Å². The van der Waals surface area contributed by atoms with Gasteiger partial charge in [-0.3, -0.25) is 19.4 Å². The Balaban J connectivity index is 1.77. The summed E-state index contributed by atoms with van der Waals surface area (Å²) in [7, 11) is 0. The standard InChI is InChI=1S/C16H22N6O2/c1-3-22-14(7-10(2)20-22)16(24)21-6-4-5-11(9-21)12-8-13(15(17)23)19-18-12/h7-8,11H,3-6,9H2,1-2H3,(H2,17,23)(H,18,19)/t11-/m0/s1. The second-order valence-electron chi connectivity index (χ2n) is 6.15. The first kappa shape index (κ1) is 16.2. The highest BCUT2D eigenvalue weighted by Crippen LogP contribution is 2.27. The van der Waals surface area contributed by atoms with Crippen molar-refractivity contribution in [3.8, 4) is 0 Å². The molecule has 2 amide bonds. The van der Waals surface area contributed by atoms with Crippen molar-refractivity contribution in [3.63, 3.8) is 0 Å². The van der Waals surface area contributed by atoms with Crippen LogP contribution in [0.5, 0.6) is 0 Å². The number of nitrogens with zero attached hydrogens (tertiary/aromatic N) is 4. The molecule has 0 bridgehead atoms. The first-order valence-electron chi connectivity index (χ1n) is 8.18. The largest absolute Gasteiger partial charge is 0.364 e. The number of aryl methyl sites for hydroxylation is 2. The SMILES string of the molecule is CCn1nc(C)cc1C(=O)N1CCC[C@H](c2cc(C(N)=O)n[nH]2)C1. The number of aromatic nitrogens is 4. The summed E-state index contributed by atoms with van der Waals surface area (Å²) in [6.07, 6.45) is 1.84. The lowest BCUT2D eigenvalue weighted by atomic mass is 9.94. The van der Waals surface area contributed by atoms with E-state index in [4.69, 9.17) is 5.73 Å². The van der Waals surface area contributed by atoms with E-state index in [1.807, 2.05) is 24.8 Å². The summed E-state index contributed by atoms with van der Waals surface area (Å²) < 4.78 is 1.74. The van der Waals surface area contributed by atoms with Crippen LogP contribution in [0.25, 0.3) is 0 Å². The monoisotopic (exact) mass is 330 g/mol. The van der Waals surface area contributed by atoms with Crippen molar-refractivity contribution >= 4 is 11.8 Å². The number of H-pyrrole nitrogens is 1. The van der Waals surface area contributed by atoms with Crippen molar-refractivity contribution in [2.75, 3.05) is 13.1 Å². The fourth-order valence-corrected chi connectivity index (χ4v) is 3.21. The molecule has 0 unspecified atom stereocenters. The van der Waals surface area contributed by atoms with Crippen LogP contribution in [0.1, 0.15) is 58.0 Å². The lowest BCUT2D eigenvalue weighted by molar-refractivity contribution is 0.0693. The molecular weight excluding hydrogens is 308 g/mol. The smallest absolute Gasteiger partial charge is 0.272 e. The second kappa shape index (κ2) is 6.46. The average Bonchev–Trinajstić information content (AvgIpc) is 3.21. The first-order chi connectivity index (χ1) is 11.5. The molecular formula is C16H22N6O2. The summed E-state index contributed by atoms with van der Waals surface area (Å²) in [4.78, 5) is 25.9. The van der Waals surface area contributed by atoms with Gasteiger partial charge in [-0.05, 0) is 38.8 Å². The number of nitrogens with one attached hydrogen (secondary N) is 1. The summed E-state index contributed by atoms with van der Waals surface area (Å²) in [6, 6.07) is 3.51. The van der Waals surface area contributed by atoms with Gasteiger partial charge in [-0.15, -0.1) is 0 Å². The van der Waals surface area contributed by atoms with Crippen LogP contribution < -0.4 is 5.73 Å². The Labute approximate surface area is 140 Å². The fourth-order valence-electron chi connectivity index (χ4n) is 3.21. The molecule has 0 radical (unpaired) electrons. The van der Waals surface area contributed by atoms with Crippen LogP contribution in [0.15, 0.2) is 12.1 Å². The minimum Gasteiger partial charge on any atom is -0.364 e. The van der Waals surface area contributed by atoms with Crippen molar-refractivity contribution in [3.05, 3.63) is 34.9 Å². The summed E-state index contributed by atoms with van der Waals surface area (Å²) in [5, 5.41) is 11.2. The maximum atomic E-state index is 12.8. The highest BCUT2D eigenvalue weighted by Gasteiger charge is 2.28. The maximum Gasteiger partial charge on any atom is 0.272 e. The van der Waals surface area contributed by atoms with Crippen LogP contribution in [0.4, 0.5) is 0 Å². The van der Waals surface area contributed by atoms with Crippen molar-refractivity contribution in [2.24, 2.45) is 5.73 Å². The van der Waals surface area contributed by atoms with E-state index in [1.54, 1.807) is 10.7 Å². The van der Waals surface area contributed by atoms with Gasteiger partial charge in [-0.25, -0.2) is 0 Å². The quantitative estimate of drug-likeness (QED) is 0.873. The van der Waals surface area contributed by atoms with E-state index in [9.17, 15) is 9.59 Å². The summed E-state index contributed by atoms with van der Waals surface area (Å²) in [5.41, 5.74) is 7.79. The van der Waals surface area contributed by atoms with E-state index in [2.05, 4.69) is 15.3 Å². The zero-order valence-electron chi connectivity index (χ0n) is 14.0. The Hall–Kier alpha value is -2.64. The van der Waals surface area contributed by atoms with E-state index < -0.39 is 5.91 Å². The molecule has 24 heavy (non-hydrogen) atoms. The van der Waals surface area contributed by atoms with E-state index >= 15 is 0 Å². The zero-order chi connectivity index (χ0) is 17.3. The molecule has 2 aromatic heterocycles. The van der Waals surface area contributed by atoms with Gasteiger partial charge in [-0.1, -0.05) is 0 Å². The molecule has 1 aliphatic heterocycles. The van der Waals surface area contributed by atoms with Gasteiger partial charge in [0, 0.05) is 31.2 Å². The van der Waals surface area contributed by atoms with Crippen LogP contribution in [0.2, 0.25) is 0 Å².